The van der Waals surface area contributed by atoms with Gasteiger partial charge in [0.2, 0.25) is 0 Å². The lowest BCUT2D eigenvalue weighted by molar-refractivity contribution is 0.264. The maximum atomic E-state index is 5.84. The van der Waals surface area contributed by atoms with Gasteiger partial charge in [0.1, 0.15) is 5.75 Å². The number of benzene rings is 1. The van der Waals surface area contributed by atoms with Crippen LogP contribution in [-0.2, 0) is 6.54 Å². The predicted molar refractivity (Wildman–Crippen MR) is 121 cm³/mol. The maximum Gasteiger partial charge on any atom is 0.122 e. The topological polar surface area (TPSA) is 24.5 Å². The molecule has 3 nitrogen and oxygen atoms in total. The van der Waals surface area contributed by atoms with Gasteiger partial charge in [-0.1, -0.05) is 66.0 Å². The van der Waals surface area contributed by atoms with Gasteiger partial charge in [-0.25, -0.2) is 0 Å². The summed E-state index contributed by atoms with van der Waals surface area (Å²) in [7, 11) is 0. The van der Waals surface area contributed by atoms with Crippen molar-refractivity contribution >= 4 is 0 Å². The molecule has 27 heavy (non-hydrogen) atoms. The second-order valence-corrected chi connectivity index (χ2v) is 7.03. The number of unbranched alkanes of at least 4 members (excludes halogenated alkanes) is 3. The molecule has 0 fully saturated rings. The molecule has 1 N–H and O–H groups in total. The van der Waals surface area contributed by atoms with Crippen LogP contribution in [0.1, 0.15) is 84.3 Å². The number of hydrogen-bond donors (Lipinski definition) is 1. The highest BCUT2D eigenvalue weighted by atomic mass is 16.5. The van der Waals surface area contributed by atoms with E-state index in [1.807, 2.05) is 13.8 Å². The van der Waals surface area contributed by atoms with Crippen molar-refractivity contribution in [2.24, 2.45) is 0 Å². The van der Waals surface area contributed by atoms with Crippen molar-refractivity contribution in [3.63, 3.8) is 0 Å². The van der Waals surface area contributed by atoms with Crippen molar-refractivity contribution in [3.8, 4) is 5.75 Å². The highest BCUT2D eigenvalue weighted by Gasteiger charge is 2.04. The third-order valence-corrected chi connectivity index (χ3v) is 4.58. The van der Waals surface area contributed by atoms with Gasteiger partial charge in [0.15, 0.2) is 0 Å². The highest BCUT2D eigenvalue weighted by Crippen LogP contribution is 2.19. The summed E-state index contributed by atoms with van der Waals surface area (Å²) >= 11 is 0. The van der Waals surface area contributed by atoms with Gasteiger partial charge in [0.25, 0.3) is 0 Å². The van der Waals surface area contributed by atoms with Crippen molar-refractivity contribution < 1.29 is 4.74 Å². The number of nitrogens with one attached hydrogen (secondary N) is 1. The molecule has 0 bridgehead atoms. The molecular weight excluding hydrogens is 332 g/mol. The summed E-state index contributed by atoms with van der Waals surface area (Å²) in [5.41, 5.74) is 2.58. The zero-order valence-electron chi connectivity index (χ0n) is 19.1. The molecule has 0 atom stereocenters. The van der Waals surface area contributed by atoms with E-state index < -0.39 is 0 Å². The standard InChI is InChI=1S/C22H40N2O.C2H6/c1-5-8-14-24(15-9-6-2)16-13-23-19-21-11-12-22(20(4)18-21)25-17-10-7-3;1-2/h11-12,18,23H,5-10,13-17,19H2,1-4H3;1-2H3. The first-order chi connectivity index (χ1) is 13.2. The van der Waals surface area contributed by atoms with Crippen molar-refractivity contribution in [1.29, 1.82) is 0 Å². The number of rotatable bonds is 15. The molecule has 0 saturated heterocycles. The Labute approximate surface area is 169 Å². The molecule has 3 heteroatoms. The van der Waals surface area contributed by atoms with Crippen LogP contribution in [0.3, 0.4) is 0 Å². The number of ether oxygens (including phenoxy) is 1. The fourth-order valence-electron chi connectivity index (χ4n) is 2.88. The molecule has 0 aliphatic heterocycles. The molecule has 1 aromatic carbocycles. The van der Waals surface area contributed by atoms with Crippen LogP contribution in [0.4, 0.5) is 0 Å². The van der Waals surface area contributed by atoms with E-state index in [1.165, 1.54) is 56.3 Å². The van der Waals surface area contributed by atoms with Crippen molar-refractivity contribution in [3.05, 3.63) is 29.3 Å². The second-order valence-electron chi connectivity index (χ2n) is 7.03. The van der Waals surface area contributed by atoms with Crippen LogP contribution in [0.5, 0.6) is 5.75 Å². The van der Waals surface area contributed by atoms with Crippen LogP contribution in [0.15, 0.2) is 18.2 Å². The minimum Gasteiger partial charge on any atom is -0.493 e. The summed E-state index contributed by atoms with van der Waals surface area (Å²) < 4.78 is 5.84. The van der Waals surface area contributed by atoms with Crippen LogP contribution in [0.25, 0.3) is 0 Å². The molecular formula is C24H46N2O. The quantitative estimate of drug-likeness (QED) is 0.368. The number of nitrogens with zero attached hydrogens (tertiary/aromatic N) is 1. The Morgan fingerprint density at radius 2 is 1.52 bits per heavy atom. The molecule has 0 aliphatic carbocycles. The minimum atomic E-state index is 0.820. The first-order valence-electron chi connectivity index (χ1n) is 11.4. The lowest BCUT2D eigenvalue weighted by Gasteiger charge is -2.22. The van der Waals surface area contributed by atoms with Gasteiger partial charge >= 0.3 is 0 Å². The molecule has 0 amide bonds. The zero-order chi connectivity index (χ0) is 20.3. The van der Waals surface area contributed by atoms with Crippen LogP contribution in [0.2, 0.25) is 0 Å². The largest absolute Gasteiger partial charge is 0.493 e. The minimum absolute atomic E-state index is 0.820. The Bertz CT molecular complexity index is 440. The third-order valence-electron chi connectivity index (χ3n) is 4.58. The Morgan fingerprint density at radius 3 is 2.07 bits per heavy atom. The van der Waals surface area contributed by atoms with Gasteiger partial charge in [-0.3, -0.25) is 0 Å². The molecule has 0 radical (unpaired) electrons. The Kier molecular flexibility index (Phi) is 17.6. The number of aryl methyl sites for hydroxylation is 1. The molecule has 0 unspecified atom stereocenters. The van der Waals surface area contributed by atoms with Crippen molar-refractivity contribution in [2.75, 3.05) is 32.8 Å². The van der Waals surface area contributed by atoms with Crippen LogP contribution >= 0.6 is 0 Å². The maximum absolute atomic E-state index is 5.84. The van der Waals surface area contributed by atoms with Crippen LogP contribution < -0.4 is 10.1 Å². The fraction of sp³-hybridized carbons (Fsp3) is 0.750. The normalized spacial score (nSPS) is 10.6. The lowest BCUT2D eigenvalue weighted by Crippen LogP contribution is -2.33. The third kappa shape index (κ3) is 12.9. The van der Waals surface area contributed by atoms with Crippen LogP contribution in [0, 0.1) is 6.92 Å². The Morgan fingerprint density at radius 1 is 0.889 bits per heavy atom. The second kappa shape index (κ2) is 18.3. The number of hydrogen-bond acceptors (Lipinski definition) is 3. The molecule has 1 rings (SSSR count). The van der Waals surface area contributed by atoms with Crippen molar-refractivity contribution in [1.82, 2.24) is 10.2 Å². The summed E-state index contributed by atoms with van der Waals surface area (Å²) in [6.45, 7) is 19.3. The summed E-state index contributed by atoms with van der Waals surface area (Å²) in [5.74, 6) is 1.03. The summed E-state index contributed by atoms with van der Waals surface area (Å²) in [6, 6.07) is 6.56. The Balaban J connectivity index is 0.00000326. The summed E-state index contributed by atoms with van der Waals surface area (Å²) in [5, 5.41) is 3.60. The highest BCUT2D eigenvalue weighted by molar-refractivity contribution is 5.36. The smallest absolute Gasteiger partial charge is 0.122 e. The first kappa shape index (κ1) is 25.9. The van der Waals surface area contributed by atoms with E-state index in [2.05, 4.69) is 56.1 Å². The van der Waals surface area contributed by atoms with E-state index in [0.29, 0.717) is 0 Å². The van der Waals surface area contributed by atoms with Gasteiger partial charge in [0.05, 0.1) is 6.61 Å². The van der Waals surface area contributed by atoms with Gasteiger partial charge in [-0.15, -0.1) is 0 Å². The van der Waals surface area contributed by atoms with Gasteiger partial charge < -0.3 is 15.0 Å². The predicted octanol–water partition coefficient (Wildman–Crippen LogP) is 6.19. The summed E-state index contributed by atoms with van der Waals surface area (Å²) in [6.07, 6.45) is 7.47. The fourth-order valence-corrected chi connectivity index (χ4v) is 2.88. The SMILES string of the molecule is CC.CCCCOc1ccc(CNCCN(CCCC)CCCC)cc1C. The van der Waals surface area contributed by atoms with E-state index in [0.717, 1.165) is 38.4 Å². The van der Waals surface area contributed by atoms with E-state index >= 15 is 0 Å². The van der Waals surface area contributed by atoms with Gasteiger partial charge in [-0.2, -0.15) is 0 Å². The average Bonchev–Trinajstić information content (AvgIpc) is 2.70. The molecule has 0 saturated carbocycles. The molecule has 0 heterocycles. The van der Waals surface area contributed by atoms with E-state index in [1.54, 1.807) is 0 Å². The first-order valence-corrected chi connectivity index (χ1v) is 11.4. The zero-order valence-corrected chi connectivity index (χ0v) is 19.1. The van der Waals surface area contributed by atoms with Gasteiger partial charge in [-0.05, 0) is 56.5 Å². The van der Waals surface area contributed by atoms with Crippen molar-refractivity contribution in [2.45, 2.75) is 86.6 Å². The molecule has 0 spiro atoms. The molecule has 158 valence electrons. The van der Waals surface area contributed by atoms with E-state index in [4.69, 9.17) is 4.74 Å². The van der Waals surface area contributed by atoms with Crippen LogP contribution in [-0.4, -0.2) is 37.7 Å². The molecule has 1 aromatic rings. The monoisotopic (exact) mass is 378 g/mol. The van der Waals surface area contributed by atoms with Gasteiger partial charge in [0, 0.05) is 19.6 Å². The molecule has 0 aromatic heterocycles. The molecule has 0 aliphatic rings. The lowest BCUT2D eigenvalue weighted by atomic mass is 10.1. The average molecular weight is 379 g/mol. The van der Waals surface area contributed by atoms with E-state index in [-0.39, 0.29) is 0 Å². The van der Waals surface area contributed by atoms with E-state index in [9.17, 15) is 0 Å². The Hall–Kier alpha value is -1.06. The summed E-state index contributed by atoms with van der Waals surface area (Å²) in [4.78, 5) is 2.61.